The van der Waals surface area contributed by atoms with Gasteiger partial charge in [0.25, 0.3) is 5.91 Å². The average Bonchev–Trinajstić information content (AvgIpc) is 2.87. The van der Waals surface area contributed by atoms with Crippen LogP contribution in [0.15, 0.2) is 44.5 Å². The number of hydrazone groups is 1. The Kier molecular flexibility index (Phi) is 5.63. The first-order chi connectivity index (χ1) is 10.5. The van der Waals surface area contributed by atoms with Crippen molar-refractivity contribution in [3.63, 3.8) is 0 Å². The van der Waals surface area contributed by atoms with E-state index in [0.717, 1.165) is 5.56 Å². The van der Waals surface area contributed by atoms with Crippen LogP contribution in [0.4, 0.5) is 0 Å². The lowest BCUT2D eigenvalue weighted by molar-refractivity contribution is -0.127. The molecule has 5 nitrogen and oxygen atoms in total. The van der Waals surface area contributed by atoms with E-state index in [2.05, 4.69) is 26.5 Å². The highest BCUT2D eigenvalue weighted by atomic mass is 79.9. The van der Waals surface area contributed by atoms with E-state index < -0.39 is 6.10 Å². The topological polar surface area (TPSA) is 63.8 Å². The smallest absolute Gasteiger partial charge is 0.280 e. The highest BCUT2D eigenvalue weighted by Gasteiger charge is 2.15. The van der Waals surface area contributed by atoms with E-state index in [4.69, 9.17) is 20.8 Å². The molecule has 1 aromatic heterocycles. The highest BCUT2D eigenvalue weighted by Crippen LogP contribution is 2.22. The van der Waals surface area contributed by atoms with E-state index in [9.17, 15) is 4.79 Å². The zero-order chi connectivity index (χ0) is 16.1. The third kappa shape index (κ3) is 4.61. The third-order valence-corrected chi connectivity index (χ3v) is 3.43. The van der Waals surface area contributed by atoms with E-state index in [-0.39, 0.29) is 5.91 Å². The Labute approximate surface area is 141 Å². The Morgan fingerprint density at radius 2 is 2.23 bits per heavy atom. The molecule has 1 amide bonds. The number of amides is 1. The molecule has 1 atom stereocenters. The van der Waals surface area contributed by atoms with Gasteiger partial charge in [-0.1, -0.05) is 11.6 Å². The molecule has 0 aliphatic heterocycles. The number of aryl methyl sites for hydroxylation is 1. The van der Waals surface area contributed by atoms with Crippen molar-refractivity contribution in [2.45, 2.75) is 20.0 Å². The summed E-state index contributed by atoms with van der Waals surface area (Å²) in [6.07, 6.45) is 0.712. The van der Waals surface area contributed by atoms with E-state index in [1.165, 1.54) is 6.21 Å². The van der Waals surface area contributed by atoms with Gasteiger partial charge < -0.3 is 9.15 Å². The maximum atomic E-state index is 11.9. The van der Waals surface area contributed by atoms with Crippen molar-refractivity contribution in [2.24, 2.45) is 5.10 Å². The number of carbonyl (C=O) groups is 1. The molecule has 0 unspecified atom stereocenters. The SMILES string of the molecule is Cc1cc(Cl)ccc1O[C@H](C)C(=O)N/N=C\c1ccc(Br)o1. The Morgan fingerprint density at radius 1 is 1.45 bits per heavy atom. The van der Waals surface area contributed by atoms with E-state index in [1.807, 2.05) is 6.92 Å². The molecule has 0 radical (unpaired) electrons. The van der Waals surface area contributed by atoms with E-state index >= 15 is 0 Å². The van der Waals surface area contributed by atoms with Crippen molar-refractivity contribution in [1.82, 2.24) is 5.43 Å². The van der Waals surface area contributed by atoms with Gasteiger partial charge in [0.15, 0.2) is 10.8 Å². The van der Waals surface area contributed by atoms with Crippen molar-refractivity contribution < 1.29 is 13.9 Å². The van der Waals surface area contributed by atoms with Gasteiger partial charge in [-0.2, -0.15) is 5.10 Å². The summed E-state index contributed by atoms with van der Waals surface area (Å²) in [4.78, 5) is 11.9. The molecule has 0 fully saturated rings. The van der Waals surface area contributed by atoms with Crippen LogP contribution in [0.3, 0.4) is 0 Å². The quantitative estimate of drug-likeness (QED) is 0.627. The molecule has 0 saturated carbocycles. The summed E-state index contributed by atoms with van der Waals surface area (Å²) in [5.74, 6) is 0.761. The van der Waals surface area contributed by atoms with Crippen LogP contribution in [0.2, 0.25) is 5.02 Å². The normalized spacial score (nSPS) is 12.4. The summed E-state index contributed by atoms with van der Waals surface area (Å²) < 4.78 is 11.4. The zero-order valence-electron chi connectivity index (χ0n) is 12.0. The lowest BCUT2D eigenvalue weighted by Crippen LogP contribution is -2.33. The fourth-order valence-electron chi connectivity index (χ4n) is 1.64. The summed E-state index contributed by atoms with van der Waals surface area (Å²) >= 11 is 9.06. The summed E-state index contributed by atoms with van der Waals surface area (Å²) in [5.41, 5.74) is 3.25. The van der Waals surface area contributed by atoms with Crippen LogP contribution < -0.4 is 10.2 Å². The van der Waals surface area contributed by atoms with Crippen LogP contribution in [0.5, 0.6) is 5.75 Å². The molecule has 1 N–H and O–H groups in total. The van der Waals surface area contributed by atoms with Gasteiger partial charge in [0.2, 0.25) is 0 Å². The number of carbonyl (C=O) groups excluding carboxylic acids is 1. The highest BCUT2D eigenvalue weighted by molar-refractivity contribution is 9.10. The molecule has 0 aliphatic rings. The summed E-state index contributed by atoms with van der Waals surface area (Å²) in [6, 6.07) is 8.66. The molecule has 22 heavy (non-hydrogen) atoms. The number of hydrogen-bond donors (Lipinski definition) is 1. The summed E-state index contributed by atoms with van der Waals surface area (Å²) in [6.45, 7) is 3.50. The van der Waals surface area contributed by atoms with Gasteiger partial charge in [0.1, 0.15) is 11.5 Å². The molecule has 0 bridgehead atoms. The van der Waals surface area contributed by atoms with Gasteiger partial charge in [-0.25, -0.2) is 5.43 Å². The van der Waals surface area contributed by atoms with Gasteiger partial charge in [0.05, 0.1) is 6.21 Å². The third-order valence-electron chi connectivity index (χ3n) is 2.77. The van der Waals surface area contributed by atoms with Gasteiger partial charge in [-0.3, -0.25) is 4.79 Å². The van der Waals surface area contributed by atoms with Crippen LogP contribution in [0.25, 0.3) is 0 Å². The number of ether oxygens (including phenoxy) is 1. The molecular formula is C15H14BrClN2O3. The minimum Gasteiger partial charge on any atom is -0.481 e. The molecule has 7 heteroatoms. The molecular weight excluding hydrogens is 372 g/mol. The first-order valence-electron chi connectivity index (χ1n) is 6.47. The number of furan rings is 1. The summed E-state index contributed by atoms with van der Waals surface area (Å²) in [7, 11) is 0. The van der Waals surface area contributed by atoms with Crippen LogP contribution in [-0.4, -0.2) is 18.2 Å². The van der Waals surface area contributed by atoms with Gasteiger partial charge in [0, 0.05) is 5.02 Å². The molecule has 0 saturated heterocycles. The second-order valence-electron chi connectivity index (χ2n) is 4.55. The lowest BCUT2D eigenvalue weighted by atomic mass is 10.2. The predicted molar refractivity (Wildman–Crippen MR) is 88.4 cm³/mol. The van der Waals surface area contributed by atoms with Crippen molar-refractivity contribution in [1.29, 1.82) is 0 Å². The van der Waals surface area contributed by atoms with Gasteiger partial charge >= 0.3 is 0 Å². The number of halogens is 2. The minimum atomic E-state index is -0.694. The number of rotatable bonds is 5. The van der Waals surface area contributed by atoms with Gasteiger partial charge in [-0.05, 0) is 65.7 Å². The molecule has 1 aromatic carbocycles. The van der Waals surface area contributed by atoms with Crippen LogP contribution in [0.1, 0.15) is 18.2 Å². The number of nitrogens with zero attached hydrogens (tertiary/aromatic N) is 1. The van der Waals surface area contributed by atoms with Crippen molar-refractivity contribution in [3.8, 4) is 5.75 Å². The Hall–Kier alpha value is -1.79. The van der Waals surface area contributed by atoms with Crippen LogP contribution in [0, 0.1) is 6.92 Å². The first kappa shape index (κ1) is 16.6. The molecule has 0 aliphatic carbocycles. The fraction of sp³-hybridized carbons (Fsp3) is 0.200. The van der Waals surface area contributed by atoms with Gasteiger partial charge in [-0.15, -0.1) is 0 Å². The van der Waals surface area contributed by atoms with Crippen LogP contribution in [-0.2, 0) is 4.79 Å². The standard InChI is InChI=1S/C15H14BrClN2O3/c1-9-7-11(17)3-5-13(9)21-10(2)15(20)19-18-8-12-4-6-14(16)22-12/h3-8,10H,1-2H3,(H,19,20)/b18-8-/t10-/m1/s1. The molecule has 116 valence electrons. The van der Waals surface area contributed by atoms with Crippen molar-refractivity contribution in [2.75, 3.05) is 0 Å². The second-order valence-corrected chi connectivity index (χ2v) is 5.76. The van der Waals surface area contributed by atoms with Crippen molar-refractivity contribution >= 4 is 39.7 Å². The molecule has 2 aromatic rings. The molecule has 0 spiro atoms. The monoisotopic (exact) mass is 384 g/mol. The second kappa shape index (κ2) is 7.47. The number of benzene rings is 1. The summed E-state index contributed by atoms with van der Waals surface area (Å²) in [5, 5.41) is 4.44. The Bertz CT molecular complexity index is 700. The van der Waals surface area contributed by atoms with E-state index in [1.54, 1.807) is 37.3 Å². The number of nitrogens with one attached hydrogen (secondary N) is 1. The lowest BCUT2D eigenvalue weighted by Gasteiger charge is -2.14. The maximum Gasteiger partial charge on any atom is 0.280 e. The zero-order valence-corrected chi connectivity index (χ0v) is 14.3. The van der Waals surface area contributed by atoms with Crippen LogP contribution >= 0.6 is 27.5 Å². The number of hydrogen-bond acceptors (Lipinski definition) is 4. The van der Waals surface area contributed by atoms with Crippen molar-refractivity contribution in [3.05, 3.63) is 51.3 Å². The maximum absolute atomic E-state index is 11.9. The average molecular weight is 386 g/mol. The first-order valence-corrected chi connectivity index (χ1v) is 7.64. The van der Waals surface area contributed by atoms with E-state index in [0.29, 0.717) is 21.2 Å². The Morgan fingerprint density at radius 3 is 2.86 bits per heavy atom. The predicted octanol–water partition coefficient (Wildman–Crippen LogP) is 3.92. The largest absolute Gasteiger partial charge is 0.481 e. The molecule has 1 heterocycles. The minimum absolute atomic E-state index is 0.365. The Balaban J connectivity index is 1.90. The molecule has 2 rings (SSSR count). The fourth-order valence-corrected chi connectivity index (χ4v) is 2.18.